The van der Waals surface area contributed by atoms with Crippen LogP contribution in [0.5, 0.6) is 0 Å². The standard InChI is InChI=1S/C25H15Cl2N3/c26-22-9-8-19(24(27)12-22)15-30-16-21(23-6-1-2-7-25(23)30)11-20(14-29)18-5-3-4-17(10-18)13-28/h1-12,16H,15H2/b20-11+. The van der Waals surface area contributed by atoms with Gasteiger partial charge in [-0.15, -0.1) is 0 Å². The van der Waals surface area contributed by atoms with Gasteiger partial charge in [0.1, 0.15) is 0 Å². The summed E-state index contributed by atoms with van der Waals surface area (Å²) in [5.41, 5.74) is 4.66. The largest absolute Gasteiger partial charge is 0.342 e. The van der Waals surface area contributed by atoms with Gasteiger partial charge in [0, 0.05) is 39.3 Å². The molecule has 0 spiro atoms. The monoisotopic (exact) mass is 427 g/mol. The Bertz CT molecular complexity index is 1370. The van der Waals surface area contributed by atoms with Crippen LogP contribution in [0, 0.1) is 22.7 Å². The molecule has 1 heterocycles. The van der Waals surface area contributed by atoms with Gasteiger partial charge in [-0.25, -0.2) is 0 Å². The molecule has 5 heteroatoms. The van der Waals surface area contributed by atoms with E-state index in [2.05, 4.69) is 16.7 Å². The fourth-order valence-corrected chi connectivity index (χ4v) is 3.91. The molecule has 0 aliphatic heterocycles. The van der Waals surface area contributed by atoms with Gasteiger partial charge in [0.15, 0.2) is 0 Å². The van der Waals surface area contributed by atoms with Crippen molar-refractivity contribution in [2.45, 2.75) is 6.54 Å². The number of para-hydroxylation sites is 1. The fourth-order valence-electron chi connectivity index (χ4n) is 3.45. The molecule has 0 atom stereocenters. The van der Waals surface area contributed by atoms with Crippen molar-refractivity contribution < 1.29 is 0 Å². The van der Waals surface area contributed by atoms with E-state index in [1.165, 1.54) is 0 Å². The van der Waals surface area contributed by atoms with Gasteiger partial charge in [0.2, 0.25) is 0 Å². The summed E-state index contributed by atoms with van der Waals surface area (Å²) in [6, 6.07) is 25.0. The molecule has 3 nitrogen and oxygen atoms in total. The summed E-state index contributed by atoms with van der Waals surface area (Å²) in [6.45, 7) is 0.580. The first-order chi connectivity index (χ1) is 14.6. The zero-order valence-electron chi connectivity index (χ0n) is 15.8. The van der Waals surface area contributed by atoms with Crippen LogP contribution in [0.15, 0.2) is 72.9 Å². The lowest BCUT2D eigenvalue weighted by atomic mass is 10.0. The van der Waals surface area contributed by atoms with E-state index in [1.807, 2.05) is 54.7 Å². The minimum Gasteiger partial charge on any atom is -0.342 e. The number of hydrogen-bond donors (Lipinski definition) is 0. The molecule has 0 saturated carbocycles. The highest BCUT2D eigenvalue weighted by Gasteiger charge is 2.11. The predicted octanol–water partition coefficient (Wildman–Crippen LogP) is 6.93. The van der Waals surface area contributed by atoms with E-state index in [1.54, 1.807) is 24.3 Å². The minimum atomic E-state index is 0.500. The number of benzene rings is 3. The summed E-state index contributed by atoms with van der Waals surface area (Å²) in [6.07, 6.45) is 3.87. The van der Waals surface area contributed by atoms with Gasteiger partial charge >= 0.3 is 0 Å². The normalized spacial score (nSPS) is 11.3. The Morgan fingerprint density at radius 1 is 0.967 bits per heavy atom. The quantitative estimate of drug-likeness (QED) is 0.331. The zero-order valence-corrected chi connectivity index (χ0v) is 17.3. The number of fused-ring (bicyclic) bond motifs is 1. The maximum atomic E-state index is 9.74. The molecule has 0 radical (unpaired) electrons. The average Bonchev–Trinajstić information content (AvgIpc) is 3.11. The third-order valence-electron chi connectivity index (χ3n) is 4.90. The van der Waals surface area contributed by atoms with Gasteiger partial charge in [-0.05, 0) is 47.5 Å². The highest BCUT2D eigenvalue weighted by atomic mass is 35.5. The van der Waals surface area contributed by atoms with Crippen LogP contribution < -0.4 is 0 Å². The molecule has 3 aromatic carbocycles. The third kappa shape index (κ3) is 3.95. The maximum Gasteiger partial charge on any atom is 0.0998 e. The van der Waals surface area contributed by atoms with Gasteiger partial charge in [-0.2, -0.15) is 10.5 Å². The third-order valence-corrected chi connectivity index (χ3v) is 5.49. The Balaban J connectivity index is 1.81. The number of hydrogen-bond acceptors (Lipinski definition) is 2. The van der Waals surface area contributed by atoms with Gasteiger partial charge in [0.25, 0.3) is 0 Å². The molecular weight excluding hydrogens is 413 g/mol. The molecule has 0 aliphatic carbocycles. The van der Waals surface area contributed by atoms with Crippen molar-refractivity contribution in [1.82, 2.24) is 4.57 Å². The molecule has 144 valence electrons. The van der Waals surface area contributed by atoms with Gasteiger partial charge < -0.3 is 4.57 Å². The molecule has 0 aliphatic rings. The Morgan fingerprint density at radius 3 is 2.57 bits per heavy atom. The molecule has 1 aromatic heterocycles. The number of rotatable bonds is 4. The predicted molar refractivity (Wildman–Crippen MR) is 122 cm³/mol. The van der Waals surface area contributed by atoms with E-state index >= 15 is 0 Å². The Kier molecular flexibility index (Phi) is 5.59. The molecule has 4 aromatic rings. The molecule has 4 rings (SSSR count). The first kappa shape index (κ1) is 19.8. The van der Waals surface area contributed by atoms with Crippen LogP contribution in [0.3, 0.4) is 0 Å². The molecule has 0 amide bonds. The van der Waals surface area contributed by atoms with Crippen LogP contribution in [0.4, 0.5) is 0 Å². The lowest BCUT2D eigenvalue weighted by Crippen LogP contribution is -1.98. The van der Waals surface area contributed by atoms with E-state index in [9.17, 15) is 5.26 Å². The fraction of sp³-hybridized carbons (Fsp3) is 0.0400. The van der Waals surface area contributed by atoms with Crippen LogP contribution in [-0.2, 0) is 6.54 Å². The van der Waals surface area contributed by atoms with E-state index in [0.717, 1.165) is 22.0 Å². The second-order valence-corrected chi connectivity index (χ2v) is 7.67. The summed E-state index contributed by atoms with van der Waals surface area (Å²) in [5, 5.41) is 21.1. The smallest absolute Gasteiger partial charge is 0.0998 e. The van der Waals surface area contributed by atoms with Crippen LogP contribution in [0.2, 0.25) is 10.0 Å². The van der Waals surface area contributed by atoms with Crippen molar-refractivity contribution in [1.29, 1.82) is 10.5 Å². The topological polar surface area (TPSA) is 52.5 Å². The summed E-state index contributed by atoms with van der Waals surface area (Å²) in [4.78, 5) is 0. The van der Waals surface area contributed by atoms with Gasteiger partial charge in [-0.3, -0.25) is 0 Å². The Morgan fingerprint density at radius 2 is 1.80 bits per heavy atom. The first-order valence-electron chi connectivity index (χ1n) is 9.23. The van der Waals surface area contributed by atoms with Gasteiger partial charge in [-0.1, -0.05) is 59.6 Å². The SMILES string of the molecule is N#C/C(=C\c1cn(Cc2ccc(Cl)cc2Cl)c2ccccc12)c1cccc(C#N)c1. The van der Waals surface area contributed by atoms with Crippen molar-refractivity contribution >= 4 is 45.8 Å². The molecule has 0 unspecified atom stereocenters. The van der Waals surface area contributed by atoms with Crippen LogP contribution in [0.1, 0.15) is 22.3 Å². The zero-order chi connectivity index (χ0) is 21.1. The Labute approximate surface area is 184 Å². The van der Waals surface area contributed by atoms with Crippen molar-refractivity contribution in [2.75, 3.05) is 0 Å². The number of halogens is 2. The average molecular weight is 428 g/mol. The van der Waals surface area contributed by atoms with E-state index in [4.69, 9.17) is 28.5 Å². The summed E-state index contributed by atoms with van der Waals surface area (Å²) in [7, 11) is 0. The van der Waals surface area contributed by atoms with Crippen molar-refractivity contribution in [2.24, 2.45) is 0 Å². The summed E-state index contributed by atoms with van der Waals surface area (Å²) >= 11 is 12.4. The molecule has 0 bridgehead atoms. The van der Waals surface area contributed by atoms with Crippen LogP contribution in [-0.4, -0.2) is 4.57 Å². The lowest BCUT2D eigenvalue weighted by Gasteiger charge is -2.08. The molecule has 0 N–H and O–H groups in total. The van der Waals surface area contributed by atoms with E-state index in [-0.39, 0.29) is 0 Å². The number of nitriles is 2. The molecular formula is C25H15Cl2N3. The molecule has 30 heavy (non-hydrogen) atoms. The minimum absolute atomic E-state index is 0.500. The summed E-state index contributed by atoms with van der Waals surface area (Å²) < 4.78 is 2.11. The van der Waals surface area contributed by atoms with Gasteiger partial charge in [0.05, 0.1) is 23.3 Å². The highest BCUT2D eigenvalue weighted by Crippen LogP contribution is 2.29. The highest BCUT2D eigenvalue weighted by molar-refractivity contribution is 6.35. The van der Waals surface area contributed by atoms with Crippen LogP contribution >= 0.6 is 23.2 Å². The second kappa shape index (κ2) is 8.47. The number of aromatic nitrogens is 1. The van der Waals surface area contributed by atoms with Crippen LogP contribution in [0.25, 0.3) is 22.6 Å². The lowest BCUT2D eigenvalue weighted by molar-refractivity contribution is 0.836. The number of allylic oxidation sites excluding steroid dienone is 1. The molecule has 0 saturated heterocycles. The first-order valence-corrected chi connectivity index (χ1v) is 9.99. The van der Waals surface area contributed by atoms with Crippen molar-refractivity contribution in [3.63, 3.8) is 0 Å². The summed E-state index contributed by atoms with van der Waals surface area (Å²) in [5.74, 6) is 0. The van der Waals surface area contributed by atoms with E-state index < -0.39 is 0 Å². The second-order valence-electron chi connectivity index (χ2n) is 6.83. The van der Waals surface area contributed by atoms with Crippen molar-refractivity contribution in [3.05, 3.63) is 105 Å². The number of nitrogens with zero attached hydrogens (tertiary/aromatic N) is 3. The van der Waals surface area contributed by atoms with E-state index in [0.29, 0.717) is 33.3 Å². The van der Waals surface area contributed by atoms with Crippen molar-refractivity contribution in [3.8, 4) is 12.1 Å². The molecule has 0 fully saturated rings. The maximum absolute atomic E-state index is 9.74. The Hall–Kier alpha value is -3.50.